The van der Waals surface area contributed by atoms with Crippen molar-refractivity contribution >= 4 is 21.4 Å². The smallest absolute Gasteiger partial charge is 0.252 e. The van der Waals surface area contributed by atoms with Crippen molar-refractivity contribution in [3.8, 4) is 0 Å². The van der Waals surface area contributed by atoms with E-state index in [1.807, 2.05) is 18.2 Å². The summed E-state index contributed by atoms with van der Waals surface area (Å²) in [5.41, 5.74) is 0.867. The zero-order chi connectivity index (χ0) is 15.3. The molecule has 0 saturated carbocycles. The number of hydrogen-bond donors (Lipinski definition) is 1. The minimum Gasteiger partial charge on any atom is -0.396 e. The van der Waals surface area contributed by atoms with Gasteiger partial charge in [0.25, 0.3) is 10.0 Å². The van der Waals surface area contributed by atoms with Crippen molar-refractivity contribution in [3.05, 3.63) is 47.1 Å². The second-order valence-corrected chi connectivity index (χ2v) is 8.03. The predicted octanol–water partition coefficient (Wildman–Crippen LogP) is 1.54. The summed E-state index contributed by atoms with van der Waals surface area (Å²) in [6.07, 6.45) is 2.76. The molecule has 0 aliphatic heterocycles. The van der Waals surface area contributed by atoms with Crippen LogP contribution in [-0.4, -0.2) is 43.0 Å². The molecule has 0 bridgehead atoms. The molecule has 1 N–H and O–H groups in total. The highest BCUT2D eigenvalue weighted by Gasteiger charge is 2.22. The van der Waals surface area contributed by atoms with Crippen molar-refractivity contribution in [1.82, 2.24) is 9.29 Å². The van der Waals surface area contributed by atoms with E-state index in [1.54, 1.807) is 25.4 Å². The normalized spacial score (nSPS) is 12.0. The molecule has 2 rings (SSSR count). The fourth-order valence-electron chi connectivity index (χ4n) is 1.83. The molecule has 0 unspecified atom stereocenters. The minimum atomic E-state index is -3.46. The van der Waals surface area contributed by atoms with Crippen LogP contribution in [0.25, 0.3) is 0 Å². The van der Waals surface area contributed by atoms with Gasteiger partial charge >= 0.3 is 0 Å². The highest BCUT2D eigenvalue weighted by atomic mass is 32.2. The second-order valence-electron chi connectivity index (χ2n) is 4.59. The lowest BCUT2D eigenvalue weighted by Crippen LogP contribution is -2.28. The minimum absolute atomic E-state index is 0.0233. The first-order valence-electron chi connectivity index (χ1n) is 6.60. The van der Waals surface area contributed by atoms with Gasteiger partial charge in [-0.3, -0.25) is 4.98 Å². The zero-order valence-electron chi connectivity index (χ0n) is 11.8. The molecule has 0 amide bonds. The first-order chi connectivity index (χ1) is 10.0. The highest BCUT2D eigenvalue weighted by Crippen LogP contribution is 2.24. The topological polar surface area (TPSA) is 70.5 Å². The monoisotopic (exact) mass is 326 g/mol. The third-order valence-corrected chi connectivity index (χ3v) is 6.54. The van der Waals surface area contributed by atoms with Gasteiger partial charge in [-0.1, -0.05) is 6.07 Å². The lowest BCUT2D eigenvalue weighted by Gasteiger charge is -2.15. The molecular formula is C14H18N2O3S2. The van der Waals surface area contributed by atoms with Gasteiger partial charge in [0.2, 0.25) is 0 Å². The van der Waals surface area contributed by atoms with Gasteiger partial charge in [-0.25, -0.2) is 8.42 Å². The van der Waals surface area contributed by atoms with E-state index in [2.05, 4.69) is 4.98 Å². The highest BCUT2D eigenvalue weighted by molar-refractivity contribution is 7.91. The van der Waals surface area contributed by atoms with Crippen LogP contribution >= 0.6 is 11.3 Å². The Morgan fingerprint density at radius 3 is 2.71 bits per heavy atom. The molecule has 2 heterocycles. The number of sulfonamides is 1. The van der Waals surface area contributed by atoms with E-state index < -0.39 is 10.0 Å². The molecule has 0 atom stereocenters. The van der Waals surface area contributed by atoms with E-state index in [9.17, 15) is 8.42 Å². The average Bonchev–Trinajstić information content (AvgIpc) is 2.95. The molecule has 0 radical (unpaired) electrons. The van der Waals surface area contributed by atoms with E-state index in [0.29, 0.717) is 23.6 Å². The number of thiophene rings is 1. The maximum Gasteiger partial charge on any atom is 0.252 e. The average molecular weight is 326 g/mol. The van der Waals surface area contributed by atoms with Crippen molar-refractivity contribution in [2.24, 2.45) is 0 Å². The first kappa shape index (κ1) is 16.1. The Hall–Kier alpha value is -1.28. The van der Waals surface area contributed by atoms with E-state index in [-0.39, 0.29) is 6.61 Å². The molecule has 0 aromatic carbocycles. The molecule has 0 saturated heterocycles. The van der Waals surface area contributed by atoms with Crippen LogP contribution in [0.3, 0.4) is 0 Å². The number of hydrogen-bond acceptors (Lipinski definition) is 5. The Balaban J connectivity index is 2.04. The molecule has 0 aliphatic carbocycles. The number of rotatable bonds is 7. The quantitative estimate of drug-likeness (QED) is 0.838. The van der Waals surface area contributed by atoms with Crippen LogP contribution in [-0.2, 0) is 22.9 Å². The Morgan fingerprint density at radius 1 is 1.24 bits per heavy atom. The molecule has 114 valence electrons. The SMILES string of the molecule is CN(CCc1ccccn1)S(=O)(=O)c1ccc(CCO)s1. The van der Waals surface area contributed by atoms with E-state index >= 15 is 0 Å². The maximum atomic E-state index is 12.4. The van der Waals surface area contributed by atoms with Crippen LogP contribution in [0.4, 0.5) is 0 Å². The summed E-state index contributed by atoms with van der Waals surface area (Å²) in [5.74, 6) is 0. The molecule has 0 aliphatic rings. The summed E-state index contributed by atoms with van der Waals surface area (Å²) in [6, 6.07) is 8.95. The Morgan fingerprint density at radius 2 is 2.05 bits per heavy atom. The second kappa shape index (κ2) is 7.13. The molecule has 2 aromatic heterocycles. The number of aliphatic hydroxyl groups is 1. The zero-order valence-corrected chi connectivity index (χ0v) is 13.4. The van der Waals surface area contributed by atoms with Gasteiger partial charge in [0.15, 0.2) is 0 Å². The Kier molecular flexibility index (Phi) is 5.46. The van der Waals surface area contributed by atoms with Crippen LogP contribution in [0, 0.1) is 0 Å². The fraction of sp³-hybridized carbons (Fsp3) is 0.357. The third kappa shape index (κ3) is 4.10. The summed E-state index contributed by atoms with van der Waals surface area (Å²) < 4.78 is 26.5. The molecule has 0 fully saturated rings. The lowest BCUT2D eigenvalue weighted by atomic mass is 10.3. The van der Waals surface area contributed by atoms with Gasteiger partial charge < -0.3 is 5.11 Å². The first-order valence-corrected chi connectivity index (χ1v) is 8.85. The fourth-order valence-corrected chi connectivity index (χ4v) is 4.56. The van der Waals surface area contributed by atoms with Crippen molar-refractivity contribution in [3.63, 3.8) is 0 Å². The van der Waals surface area contributed by atoms with Crippen LogP contribution in [0.1, 0.15) is 10.6 Å². The van der Waals surface area contributed by atoms with Gasteiger partial charge in [0.1, 0.15) is 4.21 Å². The van der Waals surface area contributed by atoms with Crippen LogP contribution in [0.15, 0.2) is 40.7 Å². The van der Waals surface area contributed by atoms with Crippen molar-refractivity contribution in [2.45, 2.75) is 17.1 Å². The summed E-state index contributed by atoms with van der Waals surface area (Å²) in [4.78, 5) is 5.06. The van der Waals surface area contributed by atoms with Crippen LogP contribution in [0.2, 0.25) is 0 Å². The van der Waals surface area contributed by atoms with Crippen molar-refractivity contribution in [1.29, 1.82) is 0 Å². The summed E-state index contributed by atoms with van der Waals surface area (Å²) in [7, 11) is -1.89. The number of nitrogens with zero attached hydrogens (tertiary/aromatic N) is 2. The summed E-state index contributed by atoms with van der Waals surface area (Å²) in [5, 5.41) is 8.89. The molecule has 5 nitrogen and oxygen atoms in total. The van der Waals surface area contributed by atoms with Crippen LogP contribution < -0.4 is 0 Å². The number of aromatic nitrogens is 1. The van der Waals surface area contributed by atoms with Crippen molar-refractivity contribution < 1.29 is 13.5 Å². The number of pyridine rings is 1. The number of aliphatic hydroxyl groups excluding tert-OH is 1. The van der Waals surface area contributed by atoms with E-state index in [1.165, 1.54) is 15.6 Å². The largest absolute Gasteiger partial charge is 0.396 e. The molecule has 0 spiro atoms. The Labute approximate surface area is 128 Å². The Bertz CT molecular complexity index is 669. The molecular weight excluding hydrogens is 308 g/mol. The van der Waals surface area contributed by atoms with E-state index in [0.717, 1.165) is 10.6 Å². The molecule has 21 heavy (non-hydrogen) atoms. The maximum absolute atomic E-state index is 12.4. The van der Waals surface area contributed by atoms with E-state index in [4.69, 9.17) is 5.11 Å². The lowest BCUT2D eigenvalue weighted by molar-refractivity contribution is 0.300. The van der Waals surface area contributed by atoms with Gasteiger partial charge in [-0.15, -0.1) is 11.3 Å². The van der Waals surface area contributed by atoms with Crippen molar-refractivity contribution in [2.75, 3.05) is 20.2 Å². The van der Waals surface area contributed by atoms with Gasteiger partial charge in [0.05, 0.1) is 0 Å². The predicted molar refractivity (Wildman–Crippen MR) is 82.9 cm³/mol. The van der Waals surface area contributed by atoms with Gasteiger partial charge in [-0.2, -0.15) is 4.31 Å². The number of likely N-dealkylation sites (N-methyl/N-ethyl adjacent to an activating group) is 1. The molecule has 7 heteroatoms. The van der Waals surface area contributed by atoms with Gasteiger partial charge in [0, 0.05) is 49.8 Å². The van der Waals surface area contributed by atoms with Gasteiger partial charge in [-0.05, 0) is 24.3 Å². The third-order valence-electron chi connectivity index (χ3n) is 3.07. The summed E-state index contributed by atoms with van der Waals surface area (Å²) >= 11 is 1.21. The summed E-state index contributed by atoms with van der Waals surface area (Å²) in [6.45, 7) is 0.405. The van der Waals surface area contributed by atoms with Crippen LogP contribution in [0.5, 0.6) is 0 Å². The standard InChI is InChI=1S/C14H18N2O3S2/c1-16(10-7-12-4-2-3-9-15-12)21(18,19)14-6-5-13(20-14)8-11-17/h2-6,9,17H,7-8,10-11H2,1H3. The molecule has 2 aromatic rings.